The second kappa shape index (κ2) is 4.05. The minimum Gasteiger partial charge on any atom is -0.296 e. The Kier molecular flexibility index (Phi) is 2.71. The highest BCUT2D eigenvalue weighted by molar-refractivity contribution is 5.63. The molecule has 2 aromatic rings. The second-order valence-corrected chi connectivity index (χ2v) is 4.20. The van der Waals surface area contributed by atoms with Crippen molar-refractivity contribution in [2.24, 2.45) is 7.05 Å². The first-order chi connectivity index (χ1) is 7.99. The summed E-state index contributed by atoms with van der Waals surface area (Å²) < 4.78 is 1.44. The van der Waals surface area contributed by atoms with Crippen molar-refractivity contribution in [2.75, 3.05) is 0 Å². The lowest BCUT2D eigenvalue weighted by Crippen LogP contribution is -2.28. The lowest BCUT2D eigenvalue weighted by molar-refractivity contribution is 0.808. The highest BCUT2D eigenvalue weighted by atomic mass is 16.2. The molecule has 17 heavy (non-hydrogen) atoms. The Balaban J connectivity index is 2.77. The van der Waals surface area contributed by atoms with Crippen LogP contribution in [0.25, 0.3) is 11.3 Å². The molecule has 1 aromatic carbocycles. The van der Waals surface area contributed by atoms with Crippen LogP contribution in [0, 0.1) is 13.8 Å². The molecule has 1 heterocycles. The monoisotopic (exact) mass is 230 g/mol. The average Bonchev–Trinajstić information content (AvgIpc) is 2.24. The molecular weight excluding hydrogens is 216 g/mol. The first-order valence-corrected chi connectivity index (χ1v) is 5.37. The number of nitrogens with one attached hydrogen (secondary N) is 1. The number of nitrogens with zero attached hydrogens (tertiary/aromatic N) is 1. The summed E-state index contributed by atoms with van der Waals surface area (Å²) in [5.41, 5.74) is 2.97. The predicted molar refractivity (Wildman–Crippen MR) is 67.2 cm³/mol. The van der Waals surface area contributed by atoms with Crippen LogP contribution in [0.4, 0.5) is 0 Å². The van der Waals surface area contributed by atoms with Gasteiger partial charge in [0.1, 0.15) is 0 Å². The van der Waals surface area contributed by atoms with Crippen molar-refractivity contribution in [1.82, 2.24) is 9.55 Å². The minimum atomic E-state index is -0.396. The molecule has 2 rings (SSSR count). The molecule has 0 aliphatic rings. The Labute approximate surface area is 98.6 Å². The zero-order chi connectivity index (χ0) is 12.6. The number of aromatic nitrogens is 2. The standard InChI is InChI=1S/C13H14N2O2/c1-8-4-5-10(9(2)6-8)11-7-12(16)14-13(17)15(11)3/h4-7H,1-3H3,(H,14,16,17). The zero-order valence-corrected chi connectivity index (χ0v) is 10.1. The fraction of sp³-hybridized carbons (Fsp3) is 0.231. The Morgan fingerprint density at radius 2 is 1.82 bits per heavy atom. The highest BCUT2D eigenvalue weighted by Crippen LogP contribution is 2.21. The van der Waals surface area contributed by atoms with Crippen LogP contribution < -0.4 is 11.2 Å². The van der Waals surface area contributed by atoms with Crippen molar-refractivity contribution in [3.05, 3.63) is 56.2 Å². The van der Waals surface area contributed by atoms with Gasteiger partial charge in [-0.05, 0) is 19.4 Å². The Morgan fingerprint density at radius 1 is 1.12 bits per heavy atom. The minimum absolute atomic E-state index is 0.372. The number of hydrogen-bond acceptors (Lipinski definition) is 2. The van der Waals surface area contributed by atoms with Gasteiger partial charge < -0.3 is 0 Å². The van der Waals surface area contributed by atoms with Crippen LogP contribution in [0.2, 0.25) is 0 Å². The normalized spacial score (nSPS) is 10.5. The van der Waals surface area contributed by atoms with E-state index in [2.05, 4.69) is 4.98 Å². The van der Waals surface area contributed by atoms with Crippen LogP contribution in [0.3, 0.4) is 0 Å². The summed E-state index contributed by atoms with van der Waals surface area (Å²) in [6.07, 6.45) is 0. The number of H-pyrrole nitrogens is 1. The Morgan fingerprint density at radius 3 is 2.47 bits per heavy atom. The van der Waals surface area contributed by atoms with Crippen LogP contribution in [-0.2, 0) is 7.05 Å². The van der Waals surface area contributed by atoms with Crippen LogP contribution >= 0.6 is 0 Å². The van der Waals surface area contributed by atoms with E-state index in [4.69, 9.17) is 0 Å². The van der Waals surface area contributed by atoms with Crippen molar-refractivity contribution in [3.8, 4) is 11.3 Å². The van der Waals surface area contributed by atoms with E-state index in [0.717, 1.165) is 16.7 Å². The maximum Gasteiger partial charge on any atom is 0.328 e. The number of benzene rings is 1. The van der Waals surface area contributed by atoms with E-state index in [0.29, 0.717) is 5.69 Å². The zero-order valence-electron chi connectivity index (χ0n) is 10.1. The van der Waals surface area contributed by atoms with Crippen molar-refractivity contribution >= 4 is 0 Å². The molecule has 0 saturated heterocycles. The maximum atomic E-state index is 11.5. The molecule has 0 saturated carbocycles. The lowest BCUT2D eigenvalue weighted by atomic mass is 10.0. The van der Waals surface area contributed by atoms with Crippen molar-refractivity contribution in [3.63, 3.8) is 0 Å². The van der Waals surface area contributed by atoms with Gasteiger partial charge in [-0.2, -0.15) is 0 Å². The molecule has 0 aliphatic carbocycles. The van der Waals surface area contributed by atoms with Crippen molar-refractivity contribution < 1.29 is 0 Å². The quantitative estimate of drug-likeness (QED) is 0.804. The van der Waals surface area contributed by atoms with Gasteiger partial charge in [-0.15, -0.1) is 0 Å². The van der Waals surface area contributed by atoms with Crippen molar-refractivity contribution in [2.45, 2.75) is 13.8 Å². The lowest BCUT2D eigenvalue weighted by Gasteiger charge is -2.10. The molecular formula is C13H14N2O2. The summed E-state index contributed by atoms with van der Waals surface area (Å²) in [5, 5.41) is 0. The SMILES string of the molecule is Cc1ccc(-c2cc(=O)[nH]c(=O)n2C)c(C)c1. The largest absolute Gasteiger partial charge is 0.328 e. The summed E-state index contributed by atoms with van der Waals surface area (Å²) in [5.74, 6) is 0. The molecule has 0 unspecified atom stereocenters. The molecule has 0 aliphatic heterocycles. The van der Waals surface area contributed by atoms with Gasteiger partial charge >= 0.3 is 5.69 Å². The van der Waals surface area contributed by atoms with Crippen LogP contribution in [0.1, 0.15) is 11.1 Å². The fourth-order valence-electron chi connectivity index (χ4n) is 1.92. The van der Waals surface area contributed by atoms with E-state index in [-0.39, 0.29) is 5.56 Å². The van der Waals surface area contributed by atoms with E-state index in [1.165, 1.54) is 10.6 Å². The van der Waals surface area contributed by atoms with Gasteiger partial charge in [0.05, 0.1) is 5.69 Å². The molecule has 0 bridgehead atoms. The third-order valence-electron chi connectivity index (χ3n) is 2.82. The smallest absolute Gasteiger partial charge is 0.296 e. The number of rotatable bonds is 1. The molecule has 0 radical (unpaired) electrons. The van der Waals surface area contributed by atoms with Gasteiger partial charge in [-0.3, -0.25) is 14.3 Å². The molecule has 1 N–H and O–H groups in total. The number of aryl methyl sites for hydroxylation is 2. The molecule has 0 fully saturated rings. The molecule has 0 amide bonds. The van der Waals surface area contributed by atoms with E-state index < -0.39 is 5.69 Å². The molecule has 0 atom stereocenters. The molecule has 1 aromatic heterocycles. The third-order valence-corrected chi connectivity index (χ3v) is 2.82. The van der Waals surface area contributed by atoms with Gasteiger partial charge in [0.2, 0.25) is 0 Å². The molecule has 4 nitrogen and oxygen atoms in total. The molecule has 0 spiro atoms. The van der Waals surface area contributed by atoms with Crippen LogP contribution in [0.5, 0.6) is 0 Å². The van der Waals surface area contributed by atoms with E-state index in [9.17, 15) is 9.59 Å². The number of aromatic amines is 1. The second-order valence-electron chi connectivity index (χ2n) is 4.20. The third kappa shape index (κ3) is 2.06. The highest BCUT2D eigenvalue weighted by Gasteiger charge is 2.07. The van der Waals surface area contributed by atoms with Gasteiger partial charge in [0.25, 0.3) is 5.56 Å². The topological polar surface area (TPSA) is 54.9 Å². The van der Waals surface area contributed by atoms with Gasteiger partial charge in [-0.25, -0.2) is 4.79 Å². The molecule has 4 heteroatoms. The van der Waals surface area contributed by atoms with Gasteiger partial charge in [0.15, 0.2) is 0 Å². The average molecular weight is 230 g/mol. The number of hydrogen-bond donors (Lipinski definition) is 1. The molecule has 88 valence electrons. The summed E-state index contributed by atoms with van der Waals surface area (Å²) in [7, 11) is 1.65. The van der Waals surface area contributed by atoms with E-state index >= 15 is 0 Å². The summed E-state index contributed by atoms with van der Waals surface area (Å²) in [6, 6.07) is 7.37. The Hall–Kier alpha value is -2.10. The first kappa shape index (κ1) is 11.4. The van der Waals surface area contributed by atoms with E-state index in [1.807, 2.05) is 32.0 Å². The van der Waals surface area contributed by atoms with Gasteiger partial charge in [-0.1, -0.05) is 23.8 Å². The van der Waals surface area contributed by atoms with Crippen molar-refractivity contribution in [1.29, 1.82) is 0 Å². The first-order valence-electron chi connectivity index (χ1n) is 5.37. The van der Waals surface area contributed by atoms with Crippen LogP contribution in [0.15, 0.2) is 33.9 Å². The fourth-order valence-corrected chi connectivity index (χ4v) is 1.92. The maximum absolute atomic E-state index is 11.5. The summed E-state index contributed by atoms with van der Waals surface area (Å²) in [6.45, 7) is 3.97. The Bertz CT molecular complexity index is 681. The summed E-state index contributed by atoms with van der Waals surface area (Å²) in [4.78, 5) is 25.1. The van der Waals surface area contributed by atoms with Gasteiger partial charge in [0, 0.05) is 18.7 Å². The predicted octanol–water partition coefficient (Wildman–Crippen LogP) is 1.36. The summed E-state index contributed by atoms with van der Waals surface area (Å²) >= 11 is 0. The van der Waals surface area contributed by atoms with Crippen LogP contribution in [-0.4, -0.2) is 9.55 Å². The van der Waals surface area contributed by atoms with E-state index in [1.54, 1.807) is 7.05 Å².